The van der Waals surface area contributed by atoms with E-state index in [9.17, 15) is 9.59 Å². The summed E-state index contributed by atoms with van der Waals surface area (Å²) < 4.78 is 0. The number of rotatable bonds is 5. The van der Waals surface area contributed by atoms with Crippen molar-refractivity contribution in [3.63, 3.8) is 0 Å². The molecule has 1 aromatic carbocycles. The molecule has 0 bridgehead atoms. The first-order chi connectivity index (χ1) is 13.0. The molecule has 5 nitrogen and oxygen atoms in total. The third kappa shape index (κ3) is 3.51. The van der Waals surface area contributed by atoms with Crippen LogP contribution in [0.25, 0.3) is 0 Å². The Bertz CT molecular complexity index is 833. The minimum absolute atomic E-state index is 0.0750. The average molecular weight is 384 g/mol. The summed E-state index contributed by atoms with van der Waals surface area (Å²) in [5, 5.41) is 4.99. The van der Waals surface area contributed by atoms with Crippen LogP contribution in [-0.2, 0) is 11.2 Å². The van der Waals surface area contributed by atoms with E-state index in [0.717, 1.165) is 13.0 Å². The number of hydrogen-bond donors (Lipinski definition) is 1. The number of amides is 3. The van der Waals surface area contributed by atoms with E-state index in [1.165, 1.54) is 20.9 Å². The number of nitrogens with zero attached hydrogens (tertiary/aromatic N) is 2. The van der Waals surface area contributed by atoms with Crippen LogP contribution in [0.5, 0.6) is 0 Å². The van der Waals surface area contributed by atoms with Gasteiger partial charge in [0.15, 0.2) is 0 Å². The van der Waals surface area contributed by atoms with E-state index >= 15 is 0 Å². The lowest BCUT2D eigenvalue weighted by atomic mass is 9.93. The normalized spacial score (nSPS) is 23.0. The molecule has 1 fully saturated rings. The van der Waals surface area contributed by atoms with Gasteiger partial charge in [-0.15, -0.1) is 11.3 Å². The van der Waals surface area contributed by atoms with Gasteiger partial charge in [-0.3, -0.25) is 9.69 Å². The van der Waals surface area contributed by atoms with Gasteiger partial charge in [0.05, 0.1) is 12.7 Å². The maximum Gasteiger partial charge on any atom is 0.325 e. The quantitative estimate of drug-likeness (QED) is 0.803. The van der Waals surface area contributed by atoms with Gasteiger partial charge in [0.2, 0.25) is 0 Å². The molecule has 2 unspecified atom stereocenters. The van der Waals surface area contributed by atoms with E-state index in [1.807, 2.05) is 18.2 Å². The van der Waals surface area contributed by atoms with E-state index in [-0.39, 0.29) is 18.0 Å². The Kier molecular flexibility index (Phi) is 5.02. The lowest BCUT2D eigenvalue weighted by Gasteiger charge is -2.37. The standard InChI is InChI=1S/C21H25N3O2S/c1-14(2)12-17-20(25)24(21(26)22-17)13-23-10-8-18-16(9-11-27-18)19(23)15-6-4-3-5-7-15/h3-7,9,11,14,17,19H,8,10,12-13H2,1-2H3,(H,22,26). The summed E-state index contributed by atoms with van der Waals surface area (Å²) in [6.07, 6.45) is 1.63. The monoisotopic (exact) mass is 383 g/mol. The molecular formula is C21H25N3O2S. The molecule has 3 amide bonds. The predicted molar refractivity (Wildman–Crippen MR) is 107 cm³/mol. The van der Waals surface area contributed by atoms with Crippen LogP contribution in [0.3, 0.4) is 0 Å². The van der Waals surface area contributed by atoms with Crippen molar-refractivity contribution < 1.29 is 9.59 Å². The van der Waals surface area contributed by atoms with Crippen LogP contribution >= 0.6 is 11.3 Å². The van der Waals surface area contributed by atoms with Crippen LogP contribution in [-0.4, -0.2) is 41.0 Å². The Hall–Kier alpha value is -2.18. The van der Waals surface area contributed by atoms with Crippen molar-refractivity contribution >= 4 is 23.3 Å². The van der Waals surface area contributed by atoms with Gasteiger partial charge in [0.1, 0.15) is 6.04 Å². The van der Waals surface area contributed by atoms with E-state index in [1.54, 1.807) is 11.3 Å². The van der Waals surface area contributed by atoms with Gasteiger partial charge in [-0.2, -0.15) is 0 Å². The molecule has 3 heterocycles. The molecule has 4 rings (SSSR count). The number of urea groups is 1. The topological polar surface area (TPSA) is 52.7 Å². The van der Waals surface area contributed by atoms with Crippen LogP contribution in [0.1, 0.15) is 42.3 Å². The molecule has 1 N–H and O–H groups in total. The summed E-state index contributed by atoms with van der Waals surface area (Å²) in [5.74, 6) is 0.260. The predicted octanol–water partition coefficient (Wildman–Crippen LogP) is 3.62. The molecule has 2 aliphatic heterocycles. The Balaban J connectivity index is 1.59. The summed E-state index contributed by atoms with van der Waals surface area (Å²) in [7, 11) is 0. The molecule has 27 heavy (non-hydrogen) atoms. The van der Waals surface area contributed by atoms with Crippen molar-refractivity contribution in [2.45, 2.75) is 38.8 Å². The van der Waals surface area contributed by atoms with Gasteiger partial charge in [-0.25, -0.2) is 9.69 Å². The van der Waals surface area contributed by atoms with Crippen LogP contribution in [0.4, 0.5) is 4.79 Å². The number of carbonyl (C=O) groups is 2. The summed E-state index contributed by atoms with van der Waals surface area (Å²) in [4.78, 5) is 30.3. The first-order valence-electron chi connectivity index (χ1n) is 9.51. The van der Waals surface area contributed by atoms with E-state index in [4.69, 9.17) is 0 Å². The van der Waals surface area contributed by atoms with Crippen LogP contribution in [0, 0.1) is 5.92 Å². The number of imide groups is 1. The molecule has 1 saturated heterocycles. The fourth-order valence-electron chi connectivity index (χ4n) is 4.07. The lowest BCUT2D eigenvalue weighted by Crippen LogP contribution is -2.46. The van der Waals surface area contributed by atoms with Gasteiger partial charge in [-0.05, 0) is 41.3 Å². The highest BCUT2D eigenvalue weighted by atomic mass is 32.1. The molecule has 0 saturated carbocycles. The minimum atomic E-state index is -0.394. The Morgan fingerprint density at radius 3 is 2.70 bits per heavy atom. The van der Waals surface area contributed by atoms with Crippen molar-refractivity contribution in [1.82, 2.24) is 15.1 Å². The first-order valence-corrected chi connectivity index (χ1v) is 10.4. The van der Waals surface area contributed by atoms with Crippen molar-refractivity contribution in [3.05, 3.63) is 57.8 Å². The SMILES string of the molecule is CC(C)CC1NC(=O)N(CN2CCc3sccc3C2c2ccccc2)C1=O. The largest absolute Gasteiger partial charge is 0.326 e. The van der Waals surface area contributed by atoms with Crippen LogP contribution in [0.15, 0.2) is 41.8 Å². The summed E-state index contributed by atoms with van der Waals surface area (Å²) in [6, 6.07) is 11.9. The smallest absolute Gasteiger partial charge is 0.325 e. The Labute approximate surface area is 164 Å². The second-order valence-corrected chi connectivity index (χ2v) is 8.71. The van der Waals surface area contributed by atoms with Gasteiger partial charge in [0.25, 0.3) is 5.91 Å². The number of carbonyl (C=O) groups excluding carboxylic acids is 2. The second-order valence-electron chi connectivity index (χ2n) is 7.71. The number of thiophene rings is 1. The summed E-state index contributed by atoms with van der Waals surface area (Å²) >= 11 is 1.79. The lowest BCUT2D eigenvalue weighted by molar-refractivity contribution is -0.129. The maximum atomic E-state index is 12.8. The molecule has 1 aromatic heterocycles. The molecule has 2 aliphatic rings. The van der Waals surface area contributed by atoms with E-state index in [2.05, 4.69) is 47.6 Å². The highest BCUT2D eigenvalue weighted by Crippen LogP contribution is 2.37. The Morgan fingerprint density at radius 1 is 1.19 bits per heavy atom. The summed E-state index contributed by atoms with van der Waals surface area (Å²) in [5.41, 5.74) is 2.49. The van der Waals surface area contributed by atoms with Gasteiger partial charge >= 0.3 is 6.03 Å². The molecule has 2 aromatic rings. The molecule has 0 radical (unpaired) electrons. The van der Waals surface area contributed by atoms with Crippen molar-refractivity contribution in [2.24, 2.45) is 5.92 Å². The molecule has 142 valence electrons. The van der Waals surface area contributed by atoms with E-state index in [0.29, 0.717) is 19.0 Å². The molecule has 2 atom stereocenters. The van der Waals surface area contributed by atoms with Gasteiger partial charge in [-0.1, -0.05) is 44.2 Å². The number of fused-ring (bicyclic) bond motifs is 1. The minimum Gasteiger partial charge on any atom is -0.326 e. The van der Waals surface area contributed by atoms with Gasteiger partial charge in [0, 0.05) is 11.4 Å². The fraction of sp³-hybridized carbons (Fsp3) is 0.429. The third-order valence-corrected chi connectivity index (χ3v) is 6.31. The second kappa shape index (κ2) is 7.44. The maximum absolute atomic E-state index is 12.8. The third-order valence-electron chi connectivity index (χ3n) is 5.32. The Morgan fingerprint density at radius 2 is 1.96 bits per heavy atom. The van der Waals surface area contributed by atoms with Crippen molar-refractivity contribution in [3.8, 4) is 0 Å². The average Bonchev–Trinajstić information content (AvgIpc) is 3.22. The first kappa shape index (κ1) is 18.2. The molecular weight excluding hydrogens is 358 g/mol. The highest BCUT2D eigenvalue weighted by Gasteiger charge is 2.41. The van der Waals surface area contributed by atoms with Gasteiger partial charge < -0.3 is 5.32 Å². The van der Waals surface area contributed by atoms with E-state index < -0.39 is 6.04 Å². The van der Waals surface area contributed by atoms with Crippen LogP contribution in [0.2, 0.25) is 0 Å². The number of nitrogens with one attached hydrogen (secondary N) is 1. The molecule has 6 heteroatoms. The molecule has 0 aliphatic carbocycles. The highest BCUT2D eigenvalue weighted by molar-refractivity contribution is 7.10. The van der Waals surface area contributed by atoms with Crippen molar-refractivity contribution in [1.29, 1.82) is 0 Å². The summed E-state index contributed by atoms with van der Waals surface area (Å²) in [6.45, 7) is 5.29. The zero-order valence-corrected chi connectivity index (χ0v) is 16.5. The number of benzene rings is 1. The zero-order chi connectivity index (χ0) is 19.0. The fourth-order valence-corrected chi connectivity index (χ4v) is 4.97. The van der Waals surface area contributed by atoms with Crippen molar-refractivity contribution in [2.75, 3.05) is 13.2 Å². The molecule has 0 spiro atoms. The zero-order valence-electron chi connectivity index (χ0n) is 15.7. The van der Waals surface area contributed by atoms with Crippen LogP contribution < -0.4 is 5.32 Å². The number of hydrogen-bond acceptors (Lipinski definition) is 4.